The molecule has 0 aliphatic heterocycles. The first kappa shape index (κ1) is 18.5. The second-order valence-electron chi connectivity index (χ2n) is 5.70. The molecule has 8 heteroatoms. The normalized spacial score (nSPS) is 11.2. The second-order valence-corrected chi connectivity index (χ2v) is 5.70. The van der Waals surface area contributed by atoms with Crippen molar-refractivity contribution in [2.45, 2.75) is 6.18 Å². The molecule has 0 radical (unpaired) electrons. The van der Waals surface area contributed by atoms with E-state index in [-0.39, 0.29) is 6.54 Å². The number of para-hydroxylation sites is 1. The Hall–Kier alpha value is -3.29. The molecular weight excluding hydrogens is 359 g/mol. The first-order valence-corrected chi connectivity index (χ1v) is 8.10. The van der Waals surface area contributed by atoms with Crippen molar-refractivity contribution in [2.75, 3.05) is 18.4 Å². The van der Waals surface area contributed by atoms with Crippen LogP contribution >= 0.6 is 0 Å². The zero-order valence-corrected chi connectivity index (χ0v) is 14.1. The van der Waals surface area contributed by atoms with Gasteiger partial charge in [-0.1, -0.05) is 18.2 Å². The Morgan fingerprint density at radius 1 is 1.04 bits per heavy atom. The minimum absolute atomic E-state index is 0.293. The fourth-order valence-electron chi connectivity index (χ4n) is 2.40. The number of carbonyl (C=O) groups excluding carboxylic acids is 1. The summed E-state index contributed by atoms with van der Waals surface area (Å²) in [7, 11) is 0. The fraction of sp³-hybridized carbons (Fsp3) is 0.158. The van der Waals surface area contributed by atoms with Crippen molar-refractivity contribution >= 4 is 22.5 Å². The van der Waals surface area contributed by atoms with Gasteiger partial charge in [-0.05, 0) is 36.4 Å². The monoisotopic (exact) mass is 375 g/mol. The number of aromatic nitrogens is 1. The van der Waals surface area contributed by atoms with Crippen molar-refractivity contribution in [3.8, 4) is 11.5 Å². The smallest absolute Gasteiger partial charge is 0.405 e. The highest BCUT2D eigenvalue weighted by molar-refractivity contribution is 5.93. The molecule has 0 spiro atoms. The maximum atomic E-state index is 12.2. The fourth-order valence-corrected chi connectivity index (χ4v) is 2.40. The van der Waals surface area contributed by atoms with Gasteiger partial charge in [0.2, 0.25) is 5.91 Å². The van der Waals surface area contributed by atoms with Crippen LogP contribution in [0.4, 0.5) is 18.9 Å². The Kier molecular flexibility index (Phi) is 5.44. The predicted octanol–water partition coefficient (Wildman–Crippen LogP) is 4.12. The Morgan fingerprint density at radius 3 is 2.56 bits per heavy atom. The van der Waals surface area contributed by atoms with Crippen molar-refractivity contribution in [3.63, 3.8) is 0 Å². The molecule has 0 fully saturated rings. The molecule has 1 aromatic heterocycles. The van der Waals surface area contributed by atoms with Gasteiger partial charge in [-0.2, -0.15) is 13.2 Å². The van der Waals surface area contributed by atoms with Crippen LogP contribution in [0.25, 0.3) is 10.9 Å². The number of benzene rings is 2. The maximum Gasteiger partial charge on any atom is 0.405 e. The van der Waals surface area contributed by atoms with Gasteiger partial charge < -0.3 is 15.4 Å². The third-order valence-electron chi connectivity index (χ3n) is 3.62. The zero-order chi connectivity index (χ0) is 19.3. The number of amides is 1. The number of alkyl halides is 3. The van der Waals surface area contributed by atoms with Crippen LogP contribution in [0.15, 0.2) is 60.8 Å². The van der Waals surface area contributed by atoms with Gasteiger partial charge in [0.15, 0.2) is 0 Å². The number of anilines is 1. The summed E-state index contributed by atoms with van der Waals surface area (Å²) in [6.07, 6.45) is -2.89. The number of carbonyl (C=O) groups is 1. The van der Waals surface area contributed by atoms with Gasteiger partial charge in [0.25, 0.3) is 0 Å². The average Bonchev–Trinajstić information content (AvgIpc) is 2.65. The molecule has 0 aliphatic carbocycles. The number of nitrogens with zero attached hydrogens (tertiary/aromatic N) is 1. The van der Waals surface area contributed by atoms with E-state index in [0.717, 1.165) is 0 Å². The lowest BCUT2D eigenvalue weighted by Crippen LogP contribution is -2.37. The number of halogens is 3. The number of ether oxygens (including phenoxy) is 1. The Balaban J connectivity index is 1.73. The van der Waals surface area contributed by atoms with Crippen LogP contribution < -0.4 is 15.4 Å². The van der Waals surface area contributed by atoms with E-state index in [1.54, 1.807) is 30.5 Å². The van der Waals surface area contributed by atoms with E-state index in [0.29, 0.717) is 28.1 Å². The average molecular weight is 375 g/mol. The molecule has 0 saturated carbocycles. The summed E-state index contributed by atoms with van der Waals surface area (Å²) in [6, 6.07) is 16.1. The molecule has 2 aromatic carbocycles. The van der Waals surface area contributed by atoms with E-state index in [1.807, 2.05) is 35.6 Å². The highest BCUT2D eigenvalue weighted by Gasteiger charge is 2.27. The molecule has 3 aromatic rings. The van der Waals surface area contributed by atoms with Crippen molar-refractivity contribution in [1.29, 1.82) is 0 Å². The van der Waals surface area contributed by atoms with Crippen LogP contribution in [-0.4, -0.2) is 30.2 Å². The summed E-state index contributed by atoms with van der Waals surface area (Å²) >= 11 is 0. The molecule has 2 N–H and O–H groups in total. The van der Waals surface area contributed by atoms with Crippen LogP contribution in [0.1, 0.15) is 0 Å². The maximum absolute atomic E-state index is 12.2. The Bertz CT molecular complexity index is 930. The summed E-state index contributed by atoms with van der Waals surface area (Å²) in [5.74, 6) is 0.488. The van der Waals surface area contributed by atoms with Gasteiger partial charge in [-0.25, -0.2) is 0 Å². The second kappa shape index (κ2) is 7.94. The summed E-state index contributed by atoms with van der Waals surface area (Å²) in [6.45, 7) is -1.65. The lowest BCUT2D eigenvalue weighted by atomic mass is 10.1. The van der Waals surface area contributed by atoms with E-state index >= 15 is 0 Å². The van der Waals surface area contributed by atoms with Gasteiger partial charge in [0, 0.05) is 17.3 Å². The SMILES string of the molecule is O=C(CNc1ccnc2ccc(Oc3ccccc3)cc12)NCC(F)(F)F. The first-order valence-electron chi connectivity index (χ1n) is 8.10. The molecule has 0 atom stereocenters. The molecule has 0 aliphatic rings. The minimum atomic E-state index is -4.44. The quantitative estimate of drug-likeness (QED) is 0.680. The summed E-state index contributed by atoms with van der Waals surface area (Å²) in [4.78, 5) is 15.8. The standard InChI is InChI=1S/C19H16F3N3O2/c20-19(21,22)12-25-18(26)11-24-17-8-9-23-16-7-6-14(10-15(16)17)27-13-4-2-1-3-5-13/h1-10H,11-12H2,(H,23,24)(H,25,26). The number of rotatable bonds is 6. The Labute approximate surface area is 153 Å². The van der Waals surface area contributed by atoms with Gasteiger partial charge in [-0.15, -0.1) is 0 Å². The molecule has 3 rings (SSSR count). The van der Waals surface area contributed by atoms with Gasteiger partial charge >= 0.3 is 6.18 Å². The first-order chi connectivity index (χ1) is 12.9. The van der Waals surface area contributed by atoms with E-state index in [1.165, 1.54) is 0 Å². The van der Waals surface area contributed by atoms with Gasteiger partial charge in [0.05, 0.1) is 12.1 Å². The third-order valence-corrected chi connectivity index (χ3v) is 3.62. The summed E-state index contributed by atoms with van der Waals surface area (Å²) in [5, 5.41) is 5.35. The highest BCUT2D eigenvalue weighted by Crippen LogP contribution is 2.28. The van der Waals surface area contributed by atoms with Gasteiger partial charge in [-0.3, -0.25) is 9.78 Å². The van der Waals surface area contributed by atoms with Crippen LogP contribution in [0.3, 0.4) is 0 Å². The molecule has 0 saturated heterocycles. The van der Waals surface area contributed by atoms with Crippen molar-refractivity contribution in [1.82, 2.24) is 10.3 Å². The van der Waals surface area contributed by atoms with Crippen LogP contribution in [0, 0.1) is 0 Å². The van der Waals surface area contributed by atoms with E-state index < -0.39 is 18.6 Å². The van der Waals surface area contributed by atoms with Crippen LogP contribution in [0.2, 0.25) is 0 Å². The molecule has 5 nitrogen and oxygen atoms in total. The highest BCUT2D eigenvalue weighted by atomic mass is 19.4. The molecular formula is C19H16F3N3O2. The van der Waals surface area contributed by atoms with Gasteiger partial charge in [0.1, 0.15) is 18.0 Å². The molecule has 0 bridgehead atoms. The number of hydrogen-bond acceptors (Lipinski definition) is 4. The largest absolute Gasteiger partial charge is 0.457 e. The predicted molar refractivity (Wildman–Crippen MR) is 95.8 cm³/mol. The lowest BCUT2D eigenvalue weighted by molar-refractivity contribution is -0.137. The van der Waals surface area contributed by atoms with E-state index in [4.69, 9.17) is 4.74 Å². The molecule has 1 heterocycles. The van der Waals surface area contributed by atoms with Crippen LogP contribution in [0.5, 0.6) is 11.5 Å². The van der Waals surface area contributed by atoms with E-state index in [9.17, 15) is 18.0 Å². The number of fused-ring (bicyclic) bond motifs is 1. The van der Waals surface area contributed by atoms with Crippen LogP contribution in [-0.2, 0) is 4.79 Å². The van der Waals surface area contributed by atoms with E-state index in [2.05, 4.69) is 10.3 Å². The lowest BCUT2D eigenvalue weighted by Gasteiger charge is -2.12. The molecule has 0 unspecified atom stereocenters. The Morgan fingerprint density at radius 2 is 1.81 bits per heavy atom. The molecule has 1 amide bonds. The third kappa shape index (κ3) is 5.34. The summed E-state index contributed by atoms with van der Waals surface area (Å²) < 4.78 is 42.2. The number of hydrogen-bond donors (Lipinski definition) is 2. The topological polar surface area (TPSA) is 63.2 Å². The number of nitrogens with one attached hydrogen (secondary N) is 2. The van der Waals surface area contributed by atoms with Crippen molar-refractivity contribution in [3.05, 3.63) is 60.8 Å². The van der Waals surface area contributed by atoms with Crippen molar-refractivity contribution < 1.29 is 22.7 Å². The molecule has 140 valence electrons. The number of pyridine rings is 1. The summed E-state index contributed by atoms with van der Waals surface area (Å²) in [5.41, 5.74) is 1.23. The molecule has 27 heavy (non-hydrogen) atoms. The van der Waals surface area contributed by atoms with Crippen molar-refractivity contribution in [2.24, 2.45) is 0 Å². The minimum Gasteiger partial charge on any atom is -0.457 e. The zero-order valence-electron chi connectivity index (χ0n) is 14.1.